The van der Waals surface area contributed by atoms with Crippen molar-refractivity contribution in [2.45, 2.75) is 33.2 Å². The van der Waals surface area contributed by atoms with E-state index in [-0.39, 0.29) is 11.2 Å². The summed E-state index contributed by atoms with van der Waals surface area (Å²) in [5.74, 6) is -0.428. The SMILES string of the molecule is CCOC(=O)c1[13cH]n(C(C)(C)C)nn1. The van der Waals surface area contributed by atoms with Gasteiger partial charge in [-0.15, -0.1) is 5.10 Å². The summed E-state index contributed by atoms with van der Waals surface area (Å²) in [6.07, 6.45) is 1.60. The molecule has 0 spiro atoms. The normalized spacial score (nSPS) is 11.4. The van der Waals surface area contributed by atoms with Crippen molar-refractivity contribution in [3.63, 3.8) is 0 Å². The summed E-state index contributed by atoms with van der Waals surface area (Å²) in [6.45, 7) is 8.05. The predicted molar refractivity (Wildman–Crippen MR) is 51.0 cm³/mol. The Morgan fingerprint density at radius 2 is 2.21 bits per heavy atom. The molecule has 0 aliphatic heterocycles. The third kappa shape index (κ3) is 2.31. The van der Waals surface area contributed by atoms with Crippen molar-refractivity contribution in [3.05, 3.63) is 11.9 Å². The number of hydrogen-bond donors (Lipinski definition) is 0. The van der Waals surface area contributed by atoms with Crippen LogP contribution in [0.3, 0.4) is 0 Å². The molecule has 0 unspecified atom stereocenters. The Kier molecular flexibility index (Phi) is 2.88. The molecular formula is C9H15N3O2. The standard InChI is InChI=1S/C9H15N3O2/c1-5-14-8(13)7-6-12(11-10-7)9(2,3)4/h6H,5H2,1-4H3/i6+1. The van der Waals surface area contributed by atoms with E-state index < -0.39 is 5.97 Å². The number of carbonyl (C=O) groups is 1. The minimum atomic E-state index is -0.428. The summed E-state index contributed by atoms with van der Waals surface area (Å²) in [5.41, 5.74) is 0.0827. The number of rotatable bonds is 2. The van der Waals surface area contributed by atoms with Crippen LogP contribution in [-0.4, -0.2) is 27.6 Å². The summed E-state index contributed by atoms with van der Waals surface area (Å²) in [6, 6.07) is 0. The van der Waals surface area contributed by atoms with E-state index in [0.717, 1.165) is 0 Å². The van der Waals surface area contributed by atoms with Crippen LogP contribution < -0.4 is 0 Å². The molecule has 0 amide bonds. The average molecular weight is 198 g/mol. The van der Waals surface area contributed by atoms with E-state index in [1.54, 1.807) is 17.8 Å². The van der Waals surface area contributed by atoms with Gasteiger partial charge in [-0.25, -0.2) is 9.48 Å². The highest BCUT2D eigenvalue weighted by Crippen LogP contribution is 2.11. The first-order valence-corrected chi connectivity index (χ1v) is 4.55. The molecule has 1 aromatic heterocycles. The Labute approximate surface area is 83.1 Å². The smallest absolute Gasteiger partial charge is 0.360 e. The van der Waals surface area contributed by atoms with E-state index in [1.165, 1.54) is 0 Å². The Hall–Kier alpha value is -1.39. The van der Waals surface area contributed by atoms with E-state index in [9.17, 15) is 4.79 Å². The first-order chi connectivity index (χ1) is 6.45. The lowest BCUT2D eigenvalue weighted by Crippen LogP contribution is -2.22. The summed E-state index contributed by atoms with van der Waals surface area (Å²) < 4.78 is 6.44. The van der Waals surface area contributed by atoms with Crippen LogP contribution in [0, 0.1) is 0 Å². The first kappa shape index (κ1) is 10.7. The Balaban J connectivity index is 2.83. The van der Waals surface area contributed by atoms with Gasteiger partial charge in [0.15, 0.2) is 5.69 Å². The summed E-state index contributed by atoms with van der Waals surface area (Å²) >= 11 is 0. The number of aromatic nitrogens is 3. The van der Waals surface area contributed by atoms with Gasteiger partial charge in [-0.2, -0.15) is 0 Å². The van der Waals surface area contributed by atoms with Crippen molar-refractivity contribution >= 4 is 5.97 Å². The molecule has 0 bridgehead atoms. The average Bonchev–Trinajstić information content (AvgIpc) is 2.51. The lowest BCUT2D eigenvalue weighted by atomic mass is 10.1. The molecular weight excluding hydrogens is 183 g/mol. The van der Waals surface area contributed by atoms with Gasteiger partial charge in [-0.1, -0.05) is 5.21 Å². The van der Waals surface area contributed by atoms with Crippen LogP contribution in [-0.2, 0) is 10.3 Å². The van der Waals surface area contributed by atoms with Crippen molar-refractivity contribution in [1.29, 1.82) is 0 Å². The second-order valence-electron chi connectivity index (χ2n) is 3.94. The largest absolute Gasteiger partial charge is 0.461 e. The molecule has 0 fully saturated rings. The van der Waals surface area contributed by atoms with Crippen LogP contribution in [0.4, 0.5) is 0 Å². The highest BCUT2D eigenvalue weighted by atomic mass is 16.5. The Morgan fingerprint density at radius 3 is 2.64 bits per heavy atom. The van der Waals surface area contributed by atoms with Crippen molar-refractivity contribution in [1.82, 2.24) is 15.0 Å². The van der Waals surface area contributed by atoms with E-state index in [4.69, 9.17) is 4.74 Å². The van der Waals surface area contributed by atoms with Gasteiger partial charge < -0.3 is 4.74 Å². The van der Waals surface area contributed by atoms with Crippen molar-refractivity contribution in [2.75, 3.05) is 6.61 Å². The topological polar surface area (TPSA) is 57.0 Å². The number of nitrogens with zero attached hydrogens (tertiary/aromatic N) is 3. The summed E-state index contributed by atoms with van der Waals surface area (Å²) in [5, 5.41) is 7.60. The molecule has 0 radical (unpaired) electrons. The fourth-order valence-electron chi connectivity index (χ4n) is 0.890. The Morgan fingerprint density at radius 1 is 1.57 bits per heavy atom. The molecule has 5 nitrogen and oxygen atoms in total. The van der Waals surface area contributed by atoms with Gasteiger partial charge in [0.05, 0.1) is 18.3 Å². The van der Waals surface area contributed by atoms with E-state index in [0.29, 0.717) is 6.61 Å². The molecule has 14 heavy (non-hydrogen) atoms. The van der Waals surface area contributed by atoms with Gasteiger partial charge in [0.2, 0.25) is 0 Å². The zero-order valence-corrected chi connectivity index (χ0v) is 8.94. The van der Waals surface area contributed by atoms with Gasteiger partial charge in [0.25, 0.3) is 0 Å². The maximum atomic E-state index is 11.2. The van der Waals surface area contributed by atoms with Crippen molar-refractivity contribution < 1.29 is 9.53 Å². The minimum absolute atomic E-state index is 0.169. The maximum Gasteiger partial charge on any atom is 0.360 e. The van der Waals surface area contributed by atoms with Crippen LogP contribution >= 0.6 is 0 Å². The second-order valence-corrected chi connectivity index (χ2v) is 3.94. The monoisotopic (exact) mass is 198 g/mol. The highest BCUT2D eigenvalue weighted by Gasteiger charge is 2.18. The highest BCUT2D eigenvalue weighted by molar-refractivity contribution is 5.86. The summed E-state index contributed by atoms with van der Waals surface area (Å²) in [7, 11) is 0. The zero-order valence-electron chi connectivity index (χ0n) is 8.94. The number of ether oxygens (including phenoxy) is 1. The molecule has 1 rings (SSSR count). The molecule has 0 aliphatic carbocycles. The molecule has 1 aromatic rings. The van der Waals surface area contributed by atoms with Crippen molar-refractivity contribution in [2.24, 2.45) is 0 Å². The molecule has 5 heteroatoms. The molecule has 78 valence electrons. The fraction of sp³-hybridized carbons (Fsp3) is 0.667. The Bertz CT molecular complexity index is 325. The third-order valence-corrected chi connectivity index (χ3v) is 1.67. The lowest BCUT2D eigenvalue weighted by molar-refractivity contribution is 0.0519. The van der Waals surface area contributed by atoms with E-state index in [2.05, 4.69) is 10.3 Å². The molecule has 0 N–H and O–H groups in total. The molecule has 1 heterocycles. The van der Waals surface area contributed by atoms with Gasteiger partial charge in [0, 0.05) is 0 Å². The zero-order chi connectivity index (χ0) is 10.8. The van der Waals surface area contributed by atoms with Crippen LogP contribution in [0.25, 0.3) is 0 Å². The van der Waals surface area contributed by atoms with Crippen LogP contribution in [0.1, 0.15) is 38.2 Å². The molecule has 0 saturated carbocycles. The molecule has 0 saturated heterocycles. The number of carbonyl (C=O) groups excluding carboxylic acids is 1. The molecule has 0 aromatic carbocycles. The number of hydrogen-bond acceptors (Lipinski definition) is 4. The van der Waals surface area contributed by atoms with Gasteiger partial charge >= 0.3 is 5.97 Å². The van der Waals surface area contributed by atoms with Gasteiger partial charge in [-0.05, 0) is 27.7 Å². The van der Waals surface area contributed by atoms with Crippen LogP contribution in [0.5, 0.6) is 0 Å². The van der Waals surface area contributed by atoms with Crippen LogP contribution in [0.15, 0.2) is 6.20 Å². The van der Waals surface area contributed by atoms with Gasteiger partial charge in [-0.3, -0.25) is 0 Å². The molecule has 0 aliphatic rings. The lowest BCUT2D eigenvalue weighted by Gasteiger charge is -2.17. The predicted octanol–water partition coefficient (Wildman–Crippen LogP) is 1.21. The number of esters is 1. The van der Waals surface area contributed by atoms with Crippen LogP contribution in [0.2, 0.25) is 0 Å². The minimum Gasteiger partial charge on any atom is -0.461 e. The van der Waals surface area contributed by atoms with E-state index in [1.807, 2.05) is 20.8 Å². The maximum absolute atomic E-state index is 11.2. The van der Waals surface area contributed by atoms with E-state index >= 15 is 0 Å². The molecule has 0 atom stereocenters. The summed E-state index contributed by atoms with van der Waals surface area (Å²) in [4.78, 5) is 11.2. The van der Waals surface area contributed by atoms with Gasteiger partial charge in [0.1, 0.15) is 0 Å². The first-order valence-electron chi connectivity index (χ1n) is 4.55. The van der Waals surface area contributed by atoms with Crippen molar-refractivity contribution in [3.8, 4) is 0 Å². The second kappa shape index (κ2) is 3.77. The fourth-order valence-corrected chi connectivity index (χ4v) is 0.890. The quantitative estimate of drug-likeness (QED) is 0.670. The third-order valence-electron chi connectivity index (χ3n) is 1.67.